The van der Waals surface area contributed by atoms with Crippen molar-refractivity contribution in [1.29, 1.82) is 0 Å². The van der Waals surface area contributed by atoms with E-state index in [0.29, 0.717) is 6.04 Å². The second kappa shape index (κ2) is 5.32. The van der Waals surface area contributed by atoms with E-state index in [4.69, 9.17) is 0 Å². The van der Waals surface area contributed by atoms with Crippen LogP contribution in [0.1, 0.15) is 24.9 Å². The normalized spacial score (nSPS) is 12.5. The van der Waals surface area contributed by atoms with Crippen molar-refractivity contribution in [1.82, 2.24) is 5.32 Å². The summed E-state index contributed by atoms with van der Waals surface area (Å²) in [6.45, 7) is 6.00. The number of hydrogen-bond acceptors (Lipinski definition) is 1. The van der Waals surface area contributed by atoms with Crippen molar-refractivity contribution in [2.24, 2.45) is 0 Å². The highest BCUT2D eigenvalue weighted by molar-refractivity contribution is 9.10. The van der Waals surface area contributed by atoms with Crippen molar-refractivity contribution in [3.63, 3.8) is 0 Å². The van der Waals surface area contributed by atoms with Crippen molar-refractivity contribution in [2.45, 2.75) is 19.4 Å². The summed E-state index contributed by atoms with van der Waals surface area (Å²) in [5, 5.41) is 3.30. The summed E-state index contributed by atoms with van der Waals surface area (Å²) in [6, 6.07) is 8.74. The Morgan fingerprint density at radius 3 is 2.79 bits per heavy atom. The molecule has 1 aromatic rings. The van der Waals surface area contributed by atoms with E-state index in [9.17, 15) is 0 Å². The molecule has 1 atom stereocenters. The molecule has 0 aromatic heterocycles. The average molecular weight is 254 g/mol. The summed E-state index contributed by atoms with van der Waals surface area (Å²) in [6.07, 6.45) is 0.979. The van der Waals surface area contributed by atoms with Crippen molar-refractivity contribution < 1.29 is 0 Å². The molecule has 0 aliphatic heterocycles. The van der Waals surface area contributed by atoms with Crippen LogP contribution in [0.4, 0.5) is 0 Å². The Morgan fingerprint density at radius 1 is 1.57 bits per heavy atom. The number of nitrogens with one attached hydrogen (secondary N) is 1. The third-order valence-corrected chi connectivity index (χ3v) is 2.65. The van der Waals surface area contributed by atoms with E-state index in [1.165, 1.54) is 11.1 Å². The maximum atomic E-state index is 3.94. The highest BCUT2D eigenvalue weighted by Gasteiger charge is 2.08. The fourth-order valence-corrected chi connectivity index (χ4v) is 1.88. The molecule has 0 radical (unpaired) electrons. The van der Waals surface area contributed by atoms with Gasteiger partial charge in [0, 0.05) is 10.5 Å². The van der Waals surface area contributed by atoms with Gasteiger partial charge in [0.15, 0.2) is 0 Å². The van der Waals surface area contributed by atoms with E-state index in [0.717, 1.165) is 10.9 Å². The van der Waals surface area contributed by atoms with Gasteiger partial charge in [-0.15, -0.1) is 6.58 Å². The molecule has 1 aromatic carbocycles. The predicted molar refractivity (Wildman–Crippen MR) is 65.4 cm³/mol. The minimum atomic E-state index is 0.366. The minimum Gasteiger partial charge on any atom is -0.313 e. The van der Waals surface area contributed by atoms with E-state index in [-0.39, 0.29) is 0 Å². The summed E-state index contributed by atoms with van der Waals surface area (Å²) < 4.78 is 1.12. The van der Waals surface area contributed by atoms with Gasteiger partial charge in [0.25, 0.3) is 0 Å². The topological polar surface area (TPSA) is 12.0 Å². The maximum absolute atomic E-state index is 3.94. The van der Waals surface area contributed by atoms with Crippen molar-refractivity contribution in [3.8, 4) is 0 Å². The molecule has 0 heterocycles. The van der Waals surface area contributed by atoms with E-state index < -0.39 is 0 Å². The molecule has 76 valence electrons. The van der Waals surface area contributed by atoms with Gasteiger partial charge in [-0.05, 0) is 38.1 Å². The van der Waals surface area contributed by atoms with Crippen LogP contribution in [-0.4, -0.2) is 7.05 Å². The SMILES string of the molecule is C=C(C)CC(NC)c1cccc(Br)c1. The van der Waals surface area contributed by atoms with E-state index >= 15 is 0 Å². The fraction of sp³-hybridized carbons (Fsp3) is 0.333. The maximum Gasteiger partial charge on any atom is 0.0355 e. The molecule has 0 spiro atoms. The Balaban J connectivity index is 2.83. The molecule has 2 heteroatoms. The largest absolute Gasteiger partial charge is 0.313 e. The number of benzene rings is 1. The molecule has 1 N–H and O–H groups in total. The lowest BCUT2D eigenvalue weighted by atomic mass is 10.0. The van der Waals surface area contributed by atoms with Crippen LogP contribution in [0.25, 0.3) is 0 Å². The lowest BCUT2D eigenvalue weighted by Crippen LogP contribution is -2.16. The van der Waals surface area contributed by atoms with Crippen LogP contribution in [-0.2, 0) is 0 Å². The van der Waals surface area contributed by atoms with Gasteiger partial charge in [0.2, 0.25) is 0 Å². The van der Waals surface area contributed by atoms with E-state index in [1.807, 2.05) is 13.1 Å². The van der Waals surface area contributed by atoms with Crippen LogP contribution in [0.15, 0.2) is 40.9 Å². The summed E-state index contributed by atoms with van der Waals surface area (Å²) in [4.78, 5) is 0. The molecule has 1 unspecified atom stereocenters. The first kappa shape index (κ1) is 11.5. The van der Waals surface area contributed by atoms with Crippen LogP contribution < -0.4 is 5.32 Å². The van der Waals surface area contributed by atoms with Crippen LogP contribution in [0.3, 0.4) is 0 Å². The quantitative estimate of drug-likeness (QED) is 0.808. The van der Waals surface area contributed by atoms with Crippen LogP contribution in [0, 0.1) is 0 Å². The molecule has 0 saturated carbocycles. The number of rotatable bonds is 4. The Morgan fingerprint density at radius 2 is 2.29 bits per heavy atom. The predicted octanol–water partition coefficient (Wildman–Crippen LogP) is 3.68. The van der Waals surface area contributed by atoms with Gasteiger partial charge < -0.3 is 5.32 Å². The molecule has 0 aliphatic rings. The third-order valence-electron chi connectivity index (χ3n) is 2.15. The smallest absolute Gasteiger partial charge is 0.0355 e. The Bertz CT molecular complexity index is 320. The lowest BCUT2D eigenvalue weighted by molar-refractivity contribution is 0.589. The summed E-state index contributed by atoms with van der Waals surface area (Å²) >= 11 is 3.48. The summed E-state index contributed by atoms with van der Waals surface area (Å²) in [5.74, 6) is 0. The number of hydrogen-bond donors (Lipinski definition) is 1. The Kier molecular flexibility index (Phi) is 4.36. The zero-order chi connectivity index (χ0) is 10.6. The first-order chi connectivity index (χ1) is 6.63. The van der Waals surface area contributed by atoms with Crippen molar-refractivity contribution >= 4 is 15.9 Å². The molecular formula is C12H16BrN. The molecule has 0 aliphatic carbocycles. The highest BCUT2D eigenvalue weighted by atomic mass is 79.9. The van der Waals surface area contributed by atoms with Crippen molar-refractivity contribution in [3.05, 3.63) is 46.5 Å². The first-order valence-corrected chi connectivity index (χ1v) is 5.50. The van der Waals surface area contributed by atoms with E-state index in [1.54, 1.807) is 0 Å². The first-order valence-electron chi connectivity index (χ1n) is 4.70. The van der Waals surface area contributed by atoms with Gasteiger partial charge in [0.1, 0.15) is 0 Å². The zero-order valence-corrected chi connectivity index (χ0v) is 10.3. The fourth-order valence-electron chi connectivity index (χ4n) is 1.46. The van der Waals surface area contributed by atoms with Crippen LogP contribution in [0.5, 0.6) is 0 Å². The molecule has 0 fully saturated rings. The molecule has 1 rings (SSSR count). The molecule has 1 nitrogen and oxygen atoms in total. The summed E-state index contributed by atoms with van der Waals surface area (Å²) in [7, 11) is 1.98. The minimum absolute atomic E-state index is 0.366. The molecule has 0 bridgehead atoms. The second-order valence-electron chi connectivity index (χ2n) is 3.56. The van der Waals surface area contributed by atoms with Gasteiger partial charge in [-0.3, -0.25) is 0 Å². The van der Waals surface area contributed by atoms with Gasteiger partial charge in [-0.25, -0.2) is 0 Å². The number of halogens is 1. The highest BCUT2D eigenvalue weighted by Crippen LogP contribution is 2.22. The molecule has 0 saturated heterocycles. The van der Waals surface area contributed by atoms with E-state index in [2.05, 4.69) is 52.9 Å². The van der Waals surface area contributed by atoms with Gasteiger partial charge in [0.05, 0.1) is 0 Å². The zero-order valence-electron chi connectivity index (χ0n) is 8.68. The van der Waals surface area contributed by atoms with Crippen molar-refractivity contribution in [2.75, 3.05) is 7.05 Å². The average Bonchev–Trinajstić information content (AvgIpc) is 2.14. The Hall–Kier alpha value is -0.600. The van der Waals surface area contributed by atoms with Gasteiger partial charge in [-0.1, -0.05) is 33.6 Å². The van der Waals surface area contributed by atoms with Gasteiger partial charge >= 0.3 is 0 Å². The lowest BCUT2D eigenvalue weighted by Gasteiger charge is -2.16. The molecule has 14 heavy (non-hydrogen) atoms. The van der Waals surface area contributed by atoms with Crippen LogP contribution >= 0.6 is 15.9 Å². The molecular weight excluding hydrogens is 238 g/mol. The second-order valence-corrected chi connectivity index (χ2v) is 4.47. The standard InChI is InChI=1S/C12H16BrN/c1-9(2)7-12(14-3)10-5-4-6-11(13)8-10/h4-6,8,12,14H,1,7H2,2-3H3. The monoisotopic (exact) mass is 253 g/mol. The van der Waals surface area contributed by atoms with Crippen LogP contribution in [0.2, 0.25) is 0 Å². The Labute approximate surface area is 94.3 Å². The summed E-state index contributed by atoms with van der Waals surface area (Å²) in [5.41, 5.74) is 2.49. The third kappa shape index (κ3) is 3.28. The van der Waals surface area contributed by atoms with Gasteiger partial charge in [-0.2, -0.15) is 0 Å². The molecule has 0 amide bonds.